The average Bonchev–Trinajstić information content (AvgIpc) is 3.24. The van der Waals surface area contributed by atoms with Crippen LogP contribution in [0.5, 0.6) is 0 Å². The van der Waals surface area contributed by atoms with Gasteiger partial charge in [0.2, 0.25) is 0 Å². The van der Waals surface area contributed by atoms with Crippen LogP contribution >= 0.6 is 11.3 Å². The number of carbonyl (C=O) groups is 1. The van der Waals surface area contributed by atoms with E-state index in [4.69, 9.17) is 4.98 Å². The molecule has 6 aromatic rings. The third-order valence-electron chi connectivity index (χ3n) is 5.49. The minimum Gasteiger partial charge on any atom is -0.346 e. The summed E-state index contributed by atoms with van der Waals surface area (Å²) in [5.74, 6) is -0.295. The first kappa shape index (κ1) is 20.1. The maximum atomic E-state index is 13.4. The van der Waals surface area contributed by atoms with Crippen LogP contribution < -0.4 is 16.2 Å². The second-order valence-electron chi connectivity index (χ2n) is 7.67. The number of carbonyl (C=O) groups excluding carboxylic acids is 1. The maximum Gasteiger partial charge on any atom is 0.267 e. The molecular formula is C26H17N5O2S. The third kappa shape index (κ3) is 3.37. The summed E-state index contributed by atoms with van der Waals surface area (Å²) in [4.78, 5) is 35.8. The molecule has 1 amide bonds. The molecule has 0 saturated carbocycles. The van der Waals surface area contributed by atoms with Gasteiger partial charge >= 0.3 is 0 Å². The number of thiophene rings is 1. The van der Waals surface area contributed by atoms with E-state index in [0.29, 0.717) is 43.0 Å². The van der Waals surface area contributed by atoms with Crippen molar-refractivity contribution in [2.45, 2.75) is 0 Å². The van der Waals surface area contributed by atoms with E-state index in [-0.39, 0.29) is 11.5 Å². The highest BCUT2D eigenvalue weighted by Gasteiger charge is 2.23. The molecule has 0 aliphatic heterocycles. The van der Waals surface area contributed by atoms with Crippen molar-refractivity contribution in [1.29, 1.82) is 0 Å². The molecule has 0 bridgehead atoms. The second kappa shape index (κ2) is 8.09. The summed E-state index contributed by atoms with van der Waals surface area (Å²) in [6, 6.07) is 26.1. The quantitative estimate of drug-likeness (QED) is 0.339. The molecule has 0 fully saturated rings. The molecule has 164 valence electrons. The van der Waals surface area contributed by atoms with Crippen molar-refractivity contribution in [3.8, 4) is 0 Å². The molecule has 6 rings (SSSR count). The van der Waals surface area contributed by atoms with Gasteiger partial charge in [-0.3, -0.25) is 9.59 Å². The SMILES string of the molecule is O=C(Nc1ccccc1)c1c(Nc2ccccc2)sc2c1ncn1c(=O)c3ccccc3nc21. The van der Waals surface area contributed by atoms with Gasteiger partial charge in [-0.15, -0.1) is 11.3 Å². The minimum absolute atomic E-state index is 0.198. The number of nitrogens with zero attached hydrogens (tertiary/aromatic N) is 3. The summed E-state index contributed by atoms with van der Waals surface area (Å²) in [5.41, 5.74) is 3.27. The molecule has 0 atom stereocenters. The number of hydrogen-bond acceptors (Lipinski definition) is 6. The lowest BCUT2D eigenvalue weighted by Gasteiger charge is -2.08. The molecule has 0 saturated heterocycles. The number of benzene rings is 3. The van der Waals surface area contributed by atoms with Gasteiger partial charge in [0.05, 0.1) is 15.6 Å². The van der Waals surface area contributed by atoms with Crippen molar-refractivity contribution in [3.05, 3.63) is 107 Å². The number of nitrogens with one attached hydrogen (secondary N) is 2. The van der Waals surface area contributed by atoms with Crippen LogP contribution in [0, 0.1) is 0 Å². The van der Waals surface area contributed by atoms with Gasteiger partial charge in [0, 0.05) is 11.4 Å². The van der Waals surface area contributed by atoms with Crippen LogP contribution in [0.25, 0.3) is 26.8 Å². The molecule has 34 heavy (non-hydrogen) atoms. The monoisotopic (exact) mass is 463 g/mol. The number of fused-ring (bicyclic) bond motifs is 4. The van der Waals surface area contributed by atoms with E-state index in [1.165, 1.54) is 22.1 Å². The first-order chi connectivity index (χ1) is 16.7. The smallest absolute Gasteiger partial charge is 0.267 e. The van der Waals surface area contributed by atoms with Gasteiger partial charge in [-0.25, -0.2) is 14.4 Å². The lowest BCUT2D eigenvalue weighted by atomic mass is 10.2. The first-order valence-electron chi connectivity index (χ1n) is 10.6. The summed E-state index contributed by atoms with van der Waals surface area (Å²) >= 11 is 1.35. The highest BCUT2D eigenvalue weighted by atomic mass is 32.1. The number of anilines is 3. The van der Waals surface area contributed by atoms with Crippen molar-refractivity contribution in [3.63, 3.8) is 0 Å². The van der Waals surface area contributed by atoms with Gasteiger partial charge in [0.15, 0.2) is 5.65 Å². The Morgan fingerprint density at radius 1 is 0.853 bits per heavy atom. The predicted octanol–water partition coefficient (Wildman–Crippen LogP) is 5.45. The van der Waals surface area contributed by atoms with E-state index >= 15 is 0 Å². The molecular weight excluding hydrogens is 446 g/mol. The predicted molar refractivity (Wildman–Crippen MR) is 136 cm³/mol. The molecule has 0 aliphatic carbocycles. The molecule has 3 aromatic carbocycles. The fraction of sp³-hybridized carbons (Fsp3) is 0. The van der Waals surface area contributed by atoms with Crippen molar-refractivity contribution < 1.29 is 4.79 Å². The molecule has 8 heteroatoms. The van der Waals surface area contributed by atoms with Gasteiger partial charge in [-0.05, 0) is 36.4 Å². The maximum absolute atomic E-state index is 13.4. The zero-order valence-electron chi connectivity index (χ0n) is 17.7. The van der Waals surface area contributed by atoms with Crippen molar-refractivity contribution >= 4 is 60.4 Å². The number of hydrogen-bond donors (Lipinski definition) is 2. The van der Waals surface area contributed by atoms with E-state index in [0.717, 1.165) is 5.69 Å². The van der Waals surface area contributed by atoms with Crippen LogP contribution in [0.15, 0.2) is 96.1 Å². The number of rotatable bonds is 4. The molecule has 0 unspecified atom stereocenters. The zero-order valence-corrected chi connectivity index (χ0v) is 18.5. The Balaban J connectivity index is 1.59. The van der Waals surface area contributed by atoms with Crippen molar-refractivity contribution in [2.75, 3.05) is 10.6 Å². The number of aromatic nitrogens is 3. The van der Waals surface area contributed by atoms with Gasteiger partial charge in [0.25, 0.3) is 11.5 Å². The van der Waals surface area contributed by atoms with E-state index < -0.39 is 0 Å². The van der Waals surface area contributed by atoms with Crippen LogP contribution in [0.2, 0.25) is 0 Å². The number of amides is 1. The highest BCUT2D eigenvalue weighted by Crippen LogP contribution is 2.38. The van der Waals surface area contributed by atoms with Crippen molar-refractivity contribution in [2.24, 2.45) is 0 Å². The Bertz CT molecular complexity index is 1740. The zero-order chi connectivity index (χ0) is 23.1. The largest absolute Gasteiger partial charge is 0.346 e. The van der Waals surface area contributed by atoms with Gasteiger partial charge < -0.3 is 10.6 Å². The van der Waals surface area contributed by atoms with Gasteiger partial charge in [0.1, 0.15) is 22.4 Å². The summed E-state index contributed by atoms with van der Waals surface area (Å²) in [7, 11) is 0. The Kier molecular flexibility index (Phi) is 4.78. The summed E-state index contributed by atoms with van der Waals surface area (Å²) in [6.45, 7) is 0. The lowest BCUT2D eigenvalue weighted by Crippen LogP contribution is -2.16. The average molecular weight is 464 g/mol. The normalized spacial score (nSPS) is 11.2. The van der Waals surface area contributed by atoms with Gasteiger partial charge in [-0.2, -0.15) is 0 Å². The molecule has 2 N–H and O–H groups in total. The van der Waals surface area contributed by atoms with Crippen LogP contribution in [-0.2, 0) is 0 Å². The van der Waals surface area contributed by atoms with Crippen LogP contribution in [0.3, 0.4) is 0 Å². The summed E-state index contributed by atoms with van der Waals surface area (Å²) in [6.07, 6.45) is 1.44. The van der Waals surface area contributed by atoms with E-state index in [1.807, 2.05) is 78.9 Å². The molecule has 3 heterocycles. The lowest BCUT2D eigenvalue weighted by molar-refractivity contribution is 0.102. The van der Waals surface area contributed by atoms with Crippen molar-refractivity contribution in [1.82, 2.24) is 14.4 Å². The minimum atomic E-state index is -0.295. The molecule has 0 radical (unpaired) electrons. The summed E-state index contributed by atoms with van der Waals surface area (Å²) in [5, 5.41) is 7.44. The summed E-state index contributed by atoms with van der Waals surface area (Å²) < 4.78 is 2.09. The number of para-hydroxylation sites is 3. The van der Waals surface area contributed by atoms with E-state index in [9.17, 15) is 9.59 Å². The second-order valence-corrected chi connectivity index (χ2v) is 8.69. The first-order valence-corrected chi connectivity index (χ1v) is 11.4. The standard InChI is InChI=1S/C26H17N5O2S/c32-24(28-16-9-3-1-4-10-16)20-21-22(34-25(20)29-17-11-5-2-6-12-17)23-30-19-14-8-7-13-18(19)26(33)31(23)15-27-21/h1-15,29H,(H,28,32). The molecule has 7 nitrogen and oxygen atoms in total. The molecule has 0 aliphatic rings. The Labute approximate surface area is 197 Å². The Hall–Kier alpha value is -4.56. The van der Waals surface area contributed by atoms with E-state index in [2.05, 4.69) is 15.6 Å². The fourth-order valence-electron chi connectivity index (χ4n) is 3.89. The molecule has 3 aromatic heterocycles. The topological polar surface area (TPSA) is 88.4 Å². The Morgan fingerprint density at radius 2 is 1.53 bits per heavy atom. The van der Waals surface area contributed by atoms with E-state index in [1.54, 1.807) is 6.07 Å². The Morgan fingerprint density at radius 3 is 2.29 bits per heavy atom. The van der Waals surface area contributed by atoms with Crippen LogP contribution in [0.4, 0.5) is 16.4 Å². The highest BCUT2D eigenvalue weighted by molar-refractivity contribution is 7.24. The van der Waals surface area contributed by atoms with Gasteiger partial charge in [-0.1, -0.05) is 48.5 Å². The molecule has 0 spiro atoms. The van der Waals surface area contributed by atoms with Crippen LogP contribution in [-0.4, -0.2) is 20.3 Å². The third-order valence-corrected chi connectivity index (χ3v) is 6.58. The van der Waals surface area contributed by atoms with Crippen LogP contribution in [0.1, 0.15) is 10.4 Å². The fourth-order valence-corrected chi connectivity index (χ4v) is 5.04.